The Kier molecular flexibility index (Phi) is 6.35. The van der Waals surface area contributed by atoms with Crippen molar-refractivity contribution in [2.24, 2.45) is 0 Å². The van der Waals surface area contributed by atoms with Crippen molar-refractivity contribution in [3.05, 3.63) is 81.1 Å². The van der Waals surface area contributed by atoms with Crippen molar-refractivity contribution >= 4 is 57.4 Å². The fourth-order valence-corrected chi connectivity index (χ4v) is 4.68. The van der Waals surface area contributed by atoms with Crippen LogP contribution in [0, 0.1) is 6.92 Å². The number of nitrogens with one attached hydrogen (secondary N) is 1. The van der Waals surface area contributed by atoms with Gasteiger partial charge in [0.15, 0.2) is 0 Å². The van der Waals surface area contributed by atoms with Crippen molar-refractivity contribution in [3.8, 4) is 0 Å². The number of carbonyl (C=O) groups excluding carboxylic acids is 2. The highest BCUT2D eigenvalue weighted by atomic mass is 35.5. The first kappa shape index (κ1) is 22.1. The summed E-state index contributed by atoms with van der Waals surface area (Å²) in [5, 5.41) is 5.61. The van der Waals surface area contributed by atoms with Gasteiger partial charge in [-0.15, -0.1) is 11.3 Å². The molecule has 32 heavy (non-hydrogen) atoms. The molecule has 0 radical (unpaired) electrons. The van der Waals surface area contributed by atoms with Gasteiger partial charge in [-0.1, -0.05) is 23.7 Å². The number of thiophene rings is 1. The molecule has 4 rings (SSSR count). The van der Waals surface area contributed by atoms with E-state index in [-0.39, 0.29) is 11.6 Å². The summed E-state index contributed by atoms with van der Waals surface area (Å²) in [7, 11) is 0. The van der Waals surface area contributed by atoms with E-state index in [1.54, 1.807) is 18.2 Å². The van der Waals surface area contributed by atoms with Gasteiger partial charge in [0, 0.05) is 34.4 Å². The fraction of sp³-hybridized carbons (Fsp3) is 0.200. The molecule has 7 heteroatoms. The van der Waals surface area contributed by atoms with Crippen LogP contribution in [0.15, 0.2) is 65.7 Å². The molecule has 0 spiro atoms. The van der Waals surface area contributed by atoms with E-state index in [1.165, 1.54) is 16.2 Å². The summed E-state index contributed by atoms with van der Waals surface area (Å²) in [6, 6.07) is 16.8. The van der Waals surface area contributed by atoms with Crippen LogP contribution in [0.5, 0.6) is 0 Å². The van der Waals surface area contributed by atoms with E-state index >= 15 is 0 Å². The molecular formula is C25H24ClN3O2S. The smallest absolute Gasteiger partial charge is 0.282 e. The number of rotatable bonds is 7. The average Bonchev–Trinajstić information content (AvgIpc) is 3.39. The summed E-state index contributed by atoms with van der Waals surface area (Å²) in [6.07, 6.45) is 0. The van der Waals surface area contributed by atoms with Gasteiger partial charge in [0.05, 0.1) is 11.3 Å². The van der Waals surface area contributed by atoms with Gasteiger partial charge < -0.3 is 10.2 Å². The summed E-state index contributed by atoms with van der Waals surface area (Å²) < 4.78 is 0. The summed E-state index contributed by atoms with van der Waals surface area (Å²) in [6.45, 7) is 7.94. The van der Waals surface area contributed by atoms with Gasteiger partial charge in [-0.3, -0.25) is 9.59 Å². The molecule has 0 aliphatic carbocycles. The Labute approximate surface area is 196 Å². The molecule has 3 aromatic rings. The molecule has 0 fully saturated rings. The zero-order valence-corrected chi connectivity index (χ0v) is 19.8. The third-order valence-corrected chi connectivity index (χ3v) is 6.82. The number of imide groups is 1. The van der Waals surface area contributed by atoms with Crippen LogP contribution < -0.4 is 15.1 Å². The summed E-state index contributed by atoms with van der Waals surface area (Å²) >= 11 is 7.70. The predicted molar refractivity (Wildman–Crippen MR) is 134 cm³/mol. The molecule has 0 saturated carbocycles. The van der Waals surface area contributed by atoms with Crippen molar-refractivity contribution < 1.29 is 9.59 Å². The zero-order valence-electron chi connectivity index (χ0n) is 18.2. The first-order chi connectivity index (χ1) is 15.4. The predicted octanol–water partition coefficient (Wildman–Crippen LogP) is 5.95. The Morgan fingerprint density at radius 2 is 1.72 bits per heavy atom. The molecular weight excluding hydrogens is 442 g/mol. The highest BCUT2D eigenvalue weighted by Gasteiger charge is 2.40. The lowest BCUT2D eigenvalue weighted by molar-refractivity contribution is -0.120. The van der Waals surface area contributed by atoms with Gasteiger partial charge in [0.25, 0.3) is 11.8 Å². The van der Waals surface area contributed by atoms with Gasteiger partial charge in [-0.2, -0.15) is 0 Å². The molecule has 1 N–H and O–H groups in total. The van der Waals surface area contributed by atoms with Gasteiger partial charge in [-0.05, 0) is 74.2 Å². The maximum Gasteiger partial charge on any atom is 0.282 e. The molecule has 5 nitrogen and oxygen atoms in total. The molecule has 2 amide bonds. The summed E-state index contributed by atoms with van der Waals surface area (Å²) in [5.41, 5.74) is 3.83. The van der Waals surface area contributed by atoms with Crippen LogP contribution in [0.25, 0.3) is 5.57 Å². The van der Waals surface area contributed by atoms with E-state index < -0.39 is 5.91 Å². The standard InChI is InChI=1S/C25H24ClN3O2S/c1-4-28(5-2)18-12-9-17(10-13-18)27-23-22(21-7-6-14-32-21)24(30)29(25(23)31)19-11-8-16(3)20(26)15-19/h6-15,27H,4-5H2,1-3H3. The third-order valence-electron chi connectivity index (χ3n) is 5.53. The second-order valence-corrected chi connectivity index (χ2v) is 8.81. The molecule has 0 unspecified atom stereocenters. The Morgan fingerprint density at radius 1 is 1.00 bits per heavy atom. The second-order valence-electron chi connectivity index (χ2n) is 7.45. The molecule has 2 aromatic carbocycles. The number of hydrogen-bond donors (Lipinski definition) is 1. The first-order valence-corrected chi connectivity index (χ1v) is 11.8. The number of nitrogens with zero attached hydrogens (tertiary/aromatic N) is 2. The van der Waals surface area contributed by atoms with E-state index in [0.717, 1.165) is 34.9 Å². The van der Waals surface area contributed by atoms with Crippen molar-refractivity contribution in [1.29, 1.82) is 0 Å². The minimum atomic E-state index is -0.397. The Balaban J connectivity index is 1.71. The summed E-state index contributed by atoms with van der Waals surface area (Å²) in [4.78, 5) is 31.0. The molecule has 1 aliphatic heterocycles. The van der Waals surface area contributed by atoms with Crippen LogP contribution in [-0.4, -0.2) is 24.9 Å². The van der Waals surface area contributed by atoms with Crippen molar-refractivity contribution in [2.45, 2.75) is 20.8 Å². The SMILES string of the molecule is CCN(CC)c1ccc(NC2=C(c3cccs3)C(=O)N(c3ccc(C)c(Cl)c3)C2=O)cc1. The van der Waals surface area contributed by atoms with Crippen molar-refractivity contribution in [1.82, 2.24) is 0 Å². The monoisotopic (exact) mass is 465 g/mol. The van der Waals surface area contributed by atoms with Crippen molar-refractivity contribution in [2.75, 3.05) is 28.2 Å². The largest absolute Gasteiger partial charge is 0.372 e. The lowest BCUT2D eigenvalue weighted by Gasteiger charge is -2.21. The molecule has 0 saturated heterocycles. The average molecular weight is 466 g/mol. The Hall–Kier alpha value is -3.09. The van der Waals surface area contributed by atoms with Crippen LogP contribution in [0.1, 0.15) is 24.3 Å². The fourth-order valence-electron chi connectivity index (χ4n) is 3.74. The highest BCUT2D eigenvalue weighted by Crippen LogP contribution is 2.36. The van der Waals surface area contributed by atoms with E-state index in [4.69, 9.17) is 11.6 Å². The molecule has 1 aromatic heterocycles. The Bertz CT molecular complexity index is 1180. The number of anilines is 3. The van der Waals surface area contributed by atoms with Gasteiger partial charge in [-0.25, -0.2) is 4.90 Å². The molecule has 164 valence electrons. The van der Waals surface area contributed by atoms with Crippen LogP contribution >= 0.6 is 22.9 Å². The minimum absolute atomic E-state index is 0.268. The van der Waals surface area contributed by atoms with Gasteiger partial charge >= 0.3 is 0 Å². The van der Waals surface area contributed by atoms with E-state index in [9.17, 15) is 9.59 Å². The van der Waals surface area contributed by atoms with Crippen LogP contribution in [0.4, 0.5) is 17.1 Å². The summed E-state index contributed by atoms with van der Waals surface area (Å²) in [5.74, 6) is -0.759. The third kappa shape index (κ3) is 4.04. The van der Waals surface area contributed by atoms with Crippen LogP contribution in [0.2, 0.25) is 5.02 Å². The number of carbonyl (C=O) groups is 2. The molecule has 1 aliphatic rings. The number of halogens is 1. The van der Waals surface area contributed by atoms with Gasteiger partial charge in [0.1, 0.15) is 5.70 Å². The van der Waals surface area contributed by atoms with E-state index in [1.807, 2.05) is 48.7 Å². The number of aryl methyl sites for hydroxylation is 1. The number of hydrogen-bond acceptors (Lipinski definition) is 5. The highest BCUT2D eigenvalue weighted by molar-refractivity contribution is 7.11. The number of amides is 2. The van der Waals surface area contributed by atoms with Crippen molar-refractivity contribution in [3.63, 3.8) is 0 Å². The lowest BCUT2D eigenvalue weighted by Crippen LogP contribution is -2.32. The van der Waals surface area contributed by atoms with E-state index in [0.29, 0.717) is 16.3 Å². The minimum Gasteiger partial charge on any atom is -0.372 e. The van der Waals surface area contributed by atoms with Crippen LogP contribution in [0.3, 0.4) is 0 Å². The molecule has 2 heterocycles. The zero-order chi connectivity index (χ0) is 22.8. The quantitative estimate of drug-likeness (QED) is 0.438. The molecule has 0 bridgehead atoms. The maximum absolute atomic E-state index is 13.4. The first-order valence-electron chi connectivity index (χ1n) is 10.5. The topological polar surface area (TPSA) is 52.7 Å². The maximum atomic E-state index is 13.4. The Morgan fingerprint density at radius 3 is 2.31 bits per heavy atom. The normalized spacial score (nSPS) is 13.8. The van der Waals surface area contributed by atoms with E-state index in [2.05, 4.69) is 24.1 Å². The lowest BCUT2D eigenvalue weighted by atomic mass is 10.1. The molecule has 0 atom stereocenters. The van der Waals surface area contributed by atoms with Gasteiger partial charge in [0.2, 0.25) is 0 Å². The van der Waals surface area contributed by atoms with Crippen LogP contribution in [-0.2, 0) is 9.59 Å². The number of benzene rings is 2. The second kappa shape index (κ2) is 9.18.